The summed E-state index contributed by atoms with van der Waals surface area (Å²) in [7, 11) is 0. The Kier molecular flexibility index (Phi) is 7.80. The summed E-state index contributed by atoms with van der Waals surface area (Å²) >= 11 is 0. The van der Waals surface area contributed by atoms with Gasteiger partial charge >= 0.3 is 5.97 Å². The lowest BCUT2D eigenvalue weighted by atomic mass is 9.83. The van der Waals surface area contributed by atoms with Crippen LogP contribution in [0.3, 0.4) is 0 Å². The molecule has 2 saturated carbocycles. The van der Waals surface area contributed by atoms with Crippen LogP contribution in [0, 0.1) is 17.8 Å². The molecule has 0 amide bonds. The van der Waals surface area contributed by atoms with Gasteiger partial charge in [0.15, 0.2) is 0 Å². The molecule has 1 aliphatic heterocycles. The van der Waals surface area contributed by atoms with Crippen LogP contribution in [-0.2, 0) is 19.0 Å². The average molecular weight is 367 g/mol. The fourth-order valence-electron chi connectivity index (χ4n) is 4.69. The van der Waals surface area contributed by atoms with E-state index in [2.05, 4.69) is 13.8 Å². The molecule has 0 aromatic rings. The standard InChI is InChI=1S/C22H38O4/c1-3-19-12-13-21(15-25-19)26-22(23)18-8-10-20(11-9-18)24-14-17-6-4-16(2)5-7-17/h16-21H,3-15H2,1-2H3. The van der Waals surface area contributed by atoms with E-state index in [1.807, 2.05) is 0 Å². The second kappa shape index (κ2) is 10.1. The second-order valence-electron chi connectivity index (χ2n) is 8.93. The van der Waals surface area contributed by atoms with Crippen molar-refractivity contribution in [3.63, 3.8) is 0 Å². The van der Waals surface area contributed by atoms with Crippen molar-refractivity contribution in [3.05, 3.63) is 0 Å². The molecular weight excluding hydrogens is 328 g/mol. The van der Waals surface area contributed by atoms with Crippen molar-refractivity contribution in [1.29, 1.82) is 0 Å². The van der Waals surface area contributed by atoms with Gasteiger partial charge in [0.25, 0.3) is 0 Å². The van der Waals surface area contributed by atoms with Crippen LogP contribution < -0.4 is 0 Å². The Hall–Kier alpha value is -0.610. The number of esters is 1. The molecule has 0 bridgehead atoms. The lowest BCUT2D eigenvalue weighted by Gasteiger charge is -2.32. The van der Waals surface area contributed by atoms with Crippen LogP contribution in [-0.4, -0.2) is 37.5 Å². The number of hydrogen-bond donors (Lipinski definition) is 0. The van der Waals surface area contributed by atoms with Crippen molar-refractivity contribution in [2.45, 2.75) is 103 Å². The number of ether oxygens (including phenoxy) is 3. The lowest BCUT2D eigenvalue weighted by molar-refractivity contribution is -0.165. The van der Waals surface area contributed by atoms with E-state index in [4.69, 9.17) is 14.2 Å². The Balaban J connectivity index is 1.30. The fourth-order valence-corrected chi connectivity index (χ4v) is 4.69. The largest absolute Gasteiger partial charge is 0.460 e. The minimum atomic E-state index is -0.0343. The first-order chi connectivity index (χ1) is 12.6. The Labute approximate surface area is 159 Å². The van der Waals surface area contributed by atoms with E-state index in [1.54, 1.807) is 0 Å². The molecule has 2 aliphatic carbocycles. The van der Waals surface area contributed by atoms with E-state index < -0.39 is 0 Å². The van der Waals surface area contributed by atoms with Gasteiger partial charge in [-0.05, 0) is 69.6 Å². The van der Waals surface area contributed by atoms with Crippen LogP contribution in [0.1, 0.15) is 84.5 Å². The summed E-state index contributed by atoms with van der Waals surface area (Å²) in [5, 5.41) is 0. The molecule has 4 heteroatoms. The summed E-state index contributed by atoms with van der Waals surface area (Å²) < 4.78 is 17.7. The van der Waals surface area contributed by atoms with Crippen molar-refractivity contribution in [2.24, 2.45) is 17.8 Å². The highest BCUT2D eigenvalue weighted by Gasteiger charge is 2.31. The molecule has 0 spiro atoms. The molecule has 0 N–H and O–H groups in total. The molecule has 2 unspecified atom stereocenters. The molecule has 2 atom stereocenters. The first-order valence-electron chi connectivity index (χ1n) is 11.1. The van der Waals surface area contributed by atoms with Gasteiger partial charge in [-0.2, -0.15) is 0 Å². The SMILES string of the molecule is CCC1CCC(OC(=O)C2CCC(OCC3CCC(C)CC3)CC2)CO1. The zero-order chi connectivity index (χ0) is 18.4. The molecule has 3 aliphatic rings. The number of hydrogen-bond acceptors (Lipinski definition) is 4. The maximum Gasteiger partial charge on any atom is 0.309 e. The third-order valence-corrected chi connectivity index (χ3v) is 6.78. The van der Waals surface area contributed by atoms with Crippen LogP contribution in [0.25, 0.3) is 0 Å². The van der Waals surface area contributed by atoms with Gasteiger partial charge in [0, 0.05) is 6.61 Å². The molecular formula is C22H38O4. The Morgan fingerprint density at radius 2 is 1.62 bits per heavy atom. The normalized spacial score (nSPS) is 38.7. The van der Waals surface area contributed by atoms with Crippen LogP contribution in [0.4, 0.5) is 0 Å². The second-order valence-corrected chi connectivity index (χ2v) is 8.93. The van der Waals surface area contributed by atoms with E-state index in [-0.39, 0.29) is 18.0 Å². The van der Waals surface area contributed by atoms with Gasteiger partial charge in [0.1, 0.15) is 6.10 Å². The molecule has 0 aromatic carbocycles. The van der Waals surface area contributed by atoms with Crippen LogP contribution in [0.5, 0.6) is 0 Å². The minimum absolute atomic E-state index is 0.00623. The van der Waals surface area contributed by atoms with Gasteiger partial charge in [0.2, 0.25) is 0 Å². The third-order valence-electron chi connectivity index (χ3n) is 6.78. The molecule has 4 nitrogen and oxygen atoms in total. The van der Waals surface area contributed by atoms with Gasteiger partial charge in [0.05, 0.1) is 24.7 Å². The molecule has 1 saturated heterocycles. The summed E-state index contributed by atoms with van der Waals surface area (Å²) in [6.07, 6.45) is 12.9. The Morgan fingerprint density at radius 3 is 2.23 bits per heavy atom. The van der Waals surface area contributed by atoms with Crippen LogP contribution in [0.15, 0.2) is 0 Å². The molecule has 0 aromatic heterocycles. The fraction of sp³-hybridized carbons (Fsp3) is 0.955. The summed E-state index contributed by atoms with van der Waals surface area (Å²) in [6.45, 7) is 6.00. The maximum atomic E-state index is 12.4. The zero-order valence-corrected chi connectivity index (χ0v) is 16.8. The summed E-state index contributed by atoms with van der Waals surface area (Å²) in [4.78, 5) is 12.4. The summed E-state index contributed by atoms with van der Waals surface area (Å²) in [5.74, 6) is 1.71. The lowest BCUT2D eigenvalue weighted by Crippen LogP contribution is -2.36. The average Bonchev–Trinajstić information content (AvgIpc) is 2.68. The van der Waals surface area contributed by atoms with Crippen LogP contribution >= 0.6 is 0 Å². The Bertz CT molecular complexity index is 414. The Morgan fingerprint density at radius 1 is 0.923 bits per heavy atom. The quantitative estimate of drug-likeness (QED) is 0.628. The molecule has 3 rings (SSSR count). The van der Waals surface area contributed by atoms with Crippen molar-refractivity contribution in [2.75, 3.05) is 13.2 Å². The highest BCUT2D eigenvalue weighted by Crippen LogP contribution is 2.32. The highest BCUT2D eigenvalue weighted by molar-refractivity contribution is 5.72. The van der Waals surface area contributed by atoms with Gasteiger partial charge < -0.3 is 14.2 Å². The van der Waals surface area contributed by atoms with E-state index in [0.29, 0.717) is 18.8 Å². The topological polar surface area (TPSA) is 44.8 Å². The monoisotopic (exact) mass is 366 g/mol. The molecule has 1 heterocycles. The zero-order valence-electron chi connectivity index (χ0n) is 16.8. The van der Waals surface area contributed by atoms with Gasteiger partial charge in [-0.3, -0.25) is 4.79 Å². The van der Waals surface area contributed by atoms with E-state index in [1.165, 1.54) is 25.7 Å². The summed E-state index contributed by atoms with van der Waals surface area (Å²) in [5.41, 5.74) is 0. The van der Waals surface area contributed by atoms with Gasteiger partial charge in [-0.1, -0.05) is 26.7 Å². The van der Waals surface area contributed by atoms with Crippen molar-refractivity contribution < 1.29 is 19.0 Å². The van der Waals surface area contributed by atoms with E-state index in [0.717, 1.165) is 63.4 Å². The third kappa shape index (κ3) is 5.95. The molecule has 26 heavy (non-hydrogen) atoms. The molecule has 0 radical (unpaired) electrons. The maximum absolute atomic E-state index is 12.4. The molecule has 3 fully saturated rings. The first kappa shape index (κ1) is 20.1. The van der Waals surface area contributed by atoms with Crippen molar-refractivity contribution in [1.82, 2.24) is 0 Å². The van der Waals surface area contributed by atoms with E-state index in [9.17, 15) is 4.79 Å². The van der Waals surface area contributed by atoms with Gasteiger partial charge in [-0.15, -0.1) is 0 Å². The predicted octanol–water partition coefficient (Wildman–Crippen LogP) is 4.89. The predicted molar refractivity (Wildman–Crippen MR) is 102 cm³/mol. The number of carbonyl (C=O) groups excluding carboxylic acids is 1. The number of rotatable bonds is 6. The number of carbonyl (C=O) groups is 1. The van der Waals surface area contributed by atoms with Gasteiger partial charge in [-0.25, -0.2) is 0 Å². The van der Waals surface area contributed by atoms with Crippen molar-refractivity contribution in [3.8, 4) is 0 Å². The first-order valence-corrected chi connectivity index (χ1v) is 11.1. The summed E-state index contributed by atoms with van der Waals surface area (Å²) in [6, 6.07) is 0. The van der Waals surface area contributed by atoms with Crippen LogP contribution in [0.2, 0.25) is 0 Å². The highest BCUT2D eigenvalue weighted by atomic mass is 16.6. The van der Waals surface area contributed by atoms with Crippen molar-refractivity contribution >= 4 is 5.97 Å². The molecule has 150 valence electrons. The smallest absolute Gasteiger partial charge is 0.309 e. The van der Waals surface area contributed by atoms with E-state index >= 15 is 0 Å². The minimum Gasteiger partial charge on any atom is -0.460 e.